The van der Waals surface area contributed by atoms with Gasteiger partial charge in [0, 0.05) is 23.2 Å². The Morgan fingerprint density at radius 2 is 1.63 bits per heavy atom. The number of hydrogen-bond donors (Lipinski definition) is 0. The quantitative estimate of drug-likeness (QED) is 0.192. The average Bonchev–Trinajstić information content (AvgIpc) is 2.36. The van der Waals surface area contributed by atoms with Crippen molar-refractivity contribution in [3.8, 4) is 0 Å². The van der Waals surface area contributed by atoms with E-state index in [1.165, 1.54) is 38.5 Å². The summed E-state index contributed by atoms with van der Waals surface area (Å²) < 4.78 is 1.02. The smallest absolute Gasteiger partial charge is 0.192 e. The van der Waals surface area contributed by atoms with Crippen LogP contribution in [0.15, 0.2) is 0 Å². The van der Waals surface area contributed by atoms with Gasteiger partial charge in [-0.1, -0.05) is 41.9 Å². The van der Waals surface area contributed by atoms with E-state index >= 15 is 0 Å². The van der Waals surface area contributed by atoms with Gasteiger partial charge in [0.05, 0.1) is 0 Å². The third-order valence-corrected chi connectivity index (χ3v) is 6.11. The van der Waals surface area contributed by atoms with Crippen LogP contribution in [-0.2, 0) is 9.59 Å². The Morgan fingerprint density at radius 1 is 0.947 bits per heavy atom. The number of carbonyl (C=O) groups excluding carboxylic acids is 2. The molecular weight excluding hydrogens is 466 g/mol. The molecule has 0 heterocycles. The molecule has 1 rings (SSSR count). The van der Waals surface area contributed by atoms with Gasteiger partial charge in [-0.25, -0.2) is 0 Å². The SMILES string of the molecule is O=C(I)CCCC(=O)CCCCC1CCCCC1I. The number of alkyl halides is 1. The van der Waals surface area contributed by atoms with E-state index in [2.05, 4.69) is 22.6 Å². The van der Waals surface area contributed by atoms with E-state index in [0.717, 1.165) is 22.7 Å². The molecule has 0 aliphatic heterocycles. The zero-order chi connectivity index (χ0) is 14.1. The maximum atomic E-state index is 11.6. The third-order valence-electron chi connectivity index (χ3n) is 3.93. The minimum absolute atomic E-state index is 0.163. The van der Waals surface area contributed by atoms with Gasteiger partial charge in [-0.3, -0.25) is 9.59 Å². The van der Waals surface area contributed by atoms with Crippen LogP contribution in [0.1, 0.15) is 70.6 Å². The van der Waals surface area contributed by atoms with Crippen LogP contribution in [0.2, 0.25) is 0 Å². The molecule has 19 heavy (non-hydrogen) atoms. The van der Waals surface area contributed by atoms with Crippen molar-refractivity contribution in [1.82, 2.24) is 0 Å². The molecule has 1 fully saturated rings. The number of unbranched alkanes of at least 4 members (excludes halogenated alkanes) is 1. The largest absolute Gasteiger partial charge is 0.300 e. The first-order chi connectivity index (χ1) is 9.09. The molecule has 0 spiro atoms. The lowest BCUT2D eigenvalue weighted by atomic mass is 9.85. The van der Waals surface area contributed by atoms with Crippen molar-refractivity contribution in [2.24, 2.45) is 5.92 Å². The second kappa shape index (κ2) is 10.5. The van der Waals surface area contributed by atoms with Crippen molar-refractivity contribution in [2.75, 3.05) is 0 Å². The first kappa shape index (κ1) is 17.9. The normalized spacial score (nSPS) is 23.3. The van der Waals surface area contributed by atoms with Crippen LogP contribution in [0.25, 0.3) is 0 Å². The molecule has 1 saturated carbocycles. The highest BCUT2D eigenvalue weighted by molar-refractivity contribution is 14.1. The van der Waals surface area contributed by atoms with E-state index in [9.17, 15) is 9.59 Å². The van der Waals surface area contributed by atoms with E-state index in [-0.39, 0.29) is 3.79 Å². The molecule has 110 valence electrons. The average molecular weight is 490 g/mol. The van der Waals surface area contributed by atoms with Crippen molar-refractivity contribution in [3.63, 3.8) is 0 Å². The Morgan fingerprint density at radius 3 is 2.32 bits per heavy atom. The lowest BCUT2D eigenvalue weighted by molar-refractivity contribution is -0.119. The molecule has 0 aromatic carbocycles. The van der Waals surface area contributed by atoms with E-state index in [1.54, 1.807) is 22.6 Å². The summed E-state index contributed by atoms with van der Waals surface area (Å²) in [5.41, 5.74) is 0. The maximum absolute atomic E-state index is 11.6. The van der Waals surface area contributed by atoms with Gasteiger partial charge < -0.3 is 0 Å². The Kier molecular flexibility index (Phi) is 9.88. The van der Waals surface area contributed by atoms with Crippen LogP contribution in [-0.4, -0.2) is 13.5 Å². The molecule has 0 saturated heterocycles. The number of Topliss-reactive ketones (excluding diaryl/α,β-unsaturated/α-hetero) is 1. The molecule has 0 amide bonds. The Balaban J connectivity index is 2.00. The summed E-state index contributed by atoms with van der Waals surface area (Å²) in [5, 5.41) is 0. The molecule has 0 bridgehead atoms. The van der Waals surface area contributed by atoms with Gasteiger partial charge in [-0.15, -0.1) is 0 Å². The second-order valence-corrected chi connectivity index (χ2v) is 8.36. The third kappa shape index (κ3) is 8.63. The fourth-order valence-electron chi connectivity index (χ4n) is 2.77. The molecule has 2 unspecified atom stereocenters. The molecule has 1 aliphatic carbocycles. The number of rotatable bonds is 9. The summed E-state index contributed by atoms with van der Waals surface area (Å²) in [4.78, 5) is 22.4. The number of hydrogen-bond acceptors (Lipinski definition) is 2. The fraction of sp³-hybridized carbons (Fsp3) is 0.867. The summed E-state index contributed by atoms with van der Waals surface area (Å²) in [6.07, 6.45) is 11.7. The van der Waals surface area contributed by atoms with Crippen LogP contribution in [0, 0.1) is 5.92 Å². The molecular formula is C15H24I2O2. The van der Waals surface area contributed by atoms with Crippen molar-refractivity contribution < 1.29 is 9.59 Å². The van der Waals surface area contributed by atoms with Gasteiger partial charge in [0.2, 0.25) is 0 Å². The lowest BCUT2D eigenvalue weighted by Gasteiger charge is -2.27. The summed E-state index contributed by atoms with van der Waals surface area (Å²) in [6, 6.07) is 0. The van der Waals surface area contributed by atoms with Gasteiger partial charge in [0.15, 0.2) is 3.79 Å². The molecule has 2 atom stereocenters. The molecule has 2 nitrogen and oxygen atoms in total. The highest BCUT2D eigenvalue weighted by atomic mass is 127. The Hall–Kier alpha value is 0.800. The standard InChI is InChI=1S/C15H24I2O2/c16-14-10-4-2-7-12(14)6-1-3-8-13(18)9-5-11-15(17)19/h12,14H,1-11H2. The van der Waals surface area contributed by atoms with E-state index in [1.807, 2.05) is 0 Å². The first-order valence-corrected chi connectivity index (χ1v) is 9.76. The molecule has 1 aliphatic rings. The molecule has 0 aromatic heterocycles. The molecule has 0 N–H and O–H groups in total. The highest BCUT2D eigenvalue weighted by Crippen LogP contribution is 2.33. The van der Waals surface area contributed by atoms with Crippen LogP contribution in [0.5, 0.6) is 0 Å². The van der Waals surface area contributed by atoms with Gasteiger partial charge in [0.25, 0.3) is 0 Å². The van der Waals surface area contributed by atoms with Crippen LogP contribution >= 0.6 is 45.2 Å². The predicted molar refractivity (Wildman–Crippen MR) is 96.1 cm³/mol. The highest BCUT2D eigenvalue weighted by Gasteiger charge is 2.21. The predicted octanol–water partition coefficient (Wildman–Crippen LogP) is 5.24. The number of halogens is 2. The molecule has 0 aromatic rings. The molecule has 4 heteroatoms. The van der Waals surface area contributed by atoms with Crippen molar-refractivity contribution in [3.05, 3.63) is 0 Å². The van der Waals surface area contributed by atoms with Crippen LogP contribution in [0.3, 0.4) is 0 Å². The van der Waals surface area contributed by atoms with Gasteiger partial charge in [-0.05, 0) is 60.6 Å². The fourth-order valence-corrected chi connectivity index (χ4v) is 4.31. The Bertz CT molecular complexity index is 292. The summed E-state index contributed by atoms with van der Waals surface area (Å²) in [7, 11) is 0. The van der Waals surface area contributed by atoms with E-state index < -0.39 is 0 Å². The number of ketones is 1. The monoisotopic (exact) mass is 490 g/mol. The van der Waals surface area contributed by atoms with Crippen molar-refractivity contribution in [1.29, 1.82) is 0 Å². The van der Waals surface area contributed by atoms with Gasteiger partial charge in [-0.2, -0.15) is 0 Å². The Labute approximate surface area is 144 Å². The minimum atomic E-state index is 0.163. The second-order valence-electron chi connectivity index (χ2n) is 5.55. The summed E-state index contributed by atoms with van der Waals surface area (Å²) in [5.74, 6) is 1.23. The lowest BCUT2D eigenvalue weighted by Crippen LogP contribution is -2.18. The first-order valence-electron chi connectivity index (χ1n) is 7.43. The van der Waals surface area contributed by atoms with E-state index in [0.29, 0.717) is 25.0 Å². The topological polar surface area (TPSA) is 34.1 Å². The number of carbonyl (C=O) groups is 2. The zero-order valence-electron chi connectivity index (χ0n) is 11.5. The maximum Gasteiger partial charge on any atom is 0.192 e. The summed E-state index contributed by atoms with van der Waals surface area (Å²) >= 11 is 4.41. The van der Waals surface area contributed by atoms with Crippen molar-refractivity contribution in [2.45, 2.75) is 74.6 Å². The minimum Gasteiger partial charge on any atom is -0.300 e. The van der Waals surface area contributed by atoms with E-state index in [4.69, 9.17) is 0 Å². The van der Waals surface area contributed by atoms with Crippen molar-refractivity contribution >= 4 is 54.8 Å². The zero-order valence-corrected chi connectivity index (χ0v) is 15.8. The van der Waals surface area contributed by atoms with Crippen LogP contribution < -0.4 is 0 Å². The van der Waals surface area contributed by atoms with Gasteiger partial charge >= 0.3 is 0 Å². The summed E-state index contributed by atoms with van der Waals surface area (Å²) in [6.45, 7) is 0. The van der Waals surface area contributed by atoms with Gasteiger partial charge in [0.1, 0.15) is 5.78 Å². The van der Waals surface area contributed by atoms with Crippen LogP contribution in [0.4, 0.5) is 0 Å². The molecule has 0 radical (unpaired) electrons.